The zero-order chi connectivity index (χ0) is 13.6. The van der Waals surface area contributed by atoms with Gasteiger partial charge in [-0.2, -0.15) is 0 Å². The van der Waals surface area contributed by atoms with Crippen molar-refractivity contribution >= 4 is 18.2 Å². The number of carbonyl (C=O) groups is 3. The first-order valence-corrected chi connectivity index (χ1v) is 5.08. The summed E-state index contributed by atoms with van der Waals surface area (Å²) in [6, 6.07) is -0.970. The number of esters is 2. The van der Waals surface area contributed by atoms with Gasteiger partial charge < -0.3 is 25.5 Å². The Bertz CT molecular complexity index is 305. The lowest BCUT2D eigenvalue weighted by atomic mass is 9.87. The normalized spacial score (nSPS) is 17.7. The predicted molar refractivity (Wildman–Crippen MR) is 56.6 cm³/mol. The molecular formula is C10H17NO6. The van der Waals surface area contributed by atoms with Gasteiger partial charge in [0.1, 0.15) is 12.3 Å². The minimum absolute atomic E-state index is 0.225. The van der Waals surface area contributed by atoms with E-state index in [0.717, 1.165) is 6.92 Å². The third-order valence-electron chi connectivity index (χ3n) is 2.40. The summed E-state index contributed by atoms with van der Waals surface area (Å²) in [6.07, 6.45) is -1.42. The van der Waals surface area contributed by atoms with Crippen LogP contribution < -0.4 is 5.73 Å². The van der Waals surface area contributed by atoms with Crippen LogP contribution in [0, 0.1) is 5.41 Å². The van der Waals surface area contributed by atoms with Crippen molar-refractivity contribution in [2.24, 2.45) is 11.1 Å². The standard InChI is InChI=1S/C10H17NO6/c1-3-6(11)8(15)17-9(16)7(14)10(2,4-12)5-13/h4,6-7,13-14H,3,5,11H2,1-2H3/t6?,7-,10?/m0/s1. The van der Waals surface area contributed by atoms with Gasteiger partial charge in [0.25, 0.3) is 0 Å². The zero-order valence-electron chi connectivity index (χ0n) is 9.75. The number of aliphatic hydroxyl groups is 2. The van der Waals surface area contributed by atoms with Crippen LogP contribution in [0.4, 0.5) is 0 Å². The molecule has 0 aliphatic heterocycles. The Kier molecular flexibility index (Phi) is 5.94. The van der Waals surface area contributed by atoms with Crippen molar-refractivity contribution in [3.8, 4) is 0 Å². The zero-order valence-corrected chi connectivity index (χ0v) is 9.75. The summed E-state index contributed by atoms with van der Waals surface area (Å²) >= 11 is 0. The average molecular weight is 247 g/mol. The van der Waals surface area contributed by atoms with Crippen molar-refractivity contribution < 1.29 is 29.3 Å². The van der Waals surface area contributed by atoms with Crippen molar-refractivity contribution in [1.82, 2.24) is 0 Å². The van der Waals surface area contributed by atoms with Crippen molar-refractivity contribution in [3.05, 3.63) is 0 Å². The lowest BCUT2D eigenvalue weighted by molar-refractivity contribution is -0.173. The van der Waals surface area contributed by atoms with E-state index in [9.17, 15) is 19.5 Å². The molecule has 98 valence electrons. The van der Waals surface area contributed by atoms with Crippen LogP contribution in [0.5, 0.6) is 0 Å². The van der Waals surface area contributed by atoms with Gasteiger partial charge in [-0.05, 0) is 13.3 Å². The Labute approximate surface area is 98.6 Å². The second kappa shape index (κ2) is 6.43. The Morgan fingerprint density at radius 1 is 1.47 bits per heavy atom. The van der Waals surface area contributed by atoms with E-state index in [1.807, 2.05) is 0 Å². The second-order valence-corrected chi connectivity index (χ2v) is 3.94. The molecule has 0 fully saturated rings. The fourth-order valence-corrected chi connectivity index (χ4v) is 0.855. The van der Waals surface area contributed by atoms with Gasteiger partial charge in [0.2, 0.25) is 0 Å². The minimum atomic E-state index is -1.92. The maximum absolute atomic E-state index is 11.3. The number of rotatable bonds is 6. The van der Waals surface area contributed by atoms with Gasteiger partial charge in [-0.1, -0.05) is 6.92 Å². The van der Waals surface area contributed by atoms with Crippen LogP contribution in [0.3, 0.4) is 0 Å². The van der Waals surface area contributed by atoms with E-state index in [0.29, 0.717) is 0 Å². The lowest BCUT2D eigenvalue weighted by Gasteiger charge is -2.24. The average Bonchev–Trinajstić information content (AvgIpc) is 2.35. The molecule has 0 radical (unpaired) electrons. The molecule has 0 saturated carbocycles. The van der Waals surface area contributed by atoms with Crippen LogP contribution in [-0.2, 0) is 19.1 Å². The van der Waals surface area contributed by atoms with E-state index in [4.69, 9.17) is 10.8 Å². The van der Waals surface area contributed by atoms with Crippen molar-refractivity contribution in [2.75, 3.05) is 6.61 Å². The second-order valence-electron chi connectivity index (χ2n) is 3.94. The van der Waals surface area contributed by atoms with E-state index in [2.05, 4.69) is 4.74 Å². The Morgan fingerprint density at radius 3 is 2.35 bits per heavy atom. The molecule has 0 amide bonds. The highest BCUT2D eigenvalue weighted by atomic mass is 16.6. The van der Waals surface area contributed by atoms with Gasteiger partial charge in [-0.3, -0.25) is 0 Å². The quantitative estimate of drug-likeness (QED) is 0.291. The van der Waals surface area contributed by atoms with E-state index >= 15 is 0 Å². The number of aldehydes is 1. The molecule has 2 unspecified atom stereocenters. The molecule has 0 aliphatic carbocycles. The molecule has 0 aliphatic rings. The smallest absolute Gasteiger partial charge is 0.343 e. The molecule has 0 aromatic rings. The Balaban J connectivity index is 4.62. The van der Waals surface area contributed by atoms with E-state index in [1.54, 1.807) is 6.92 Å². The van der Waals surface area contributed by atoms with Crippen molar-refractivity contribution in [2.45, 2.75) is 32.4 Å². The monoisotopic (exact) mass is 247 g/mol. The predicted octanol–water partition coefficient (Wildman–Crippen LogP) is -1.65. The van der Waals surface area contributed by atoms with Gasteiger partial charge in [-0.25, -0.2) is 9.59 Å². The van der Waals surface area contributed by atoms with Gasteiger partial charge in [0.05, 0.1) is 12.0 Å². The van der Waals surface area contributed by atoms with E-state index in [1.165, 1.54) is 0 Å². The molecular weight excluding hydrogens is 230 g/mol. The molecule has 0 aromatic carbocycles. The maximum Gasteiger partial charge on any atom is 0.343 e. The first-order chi connectivity index (χ1) is 7.82. The third-order valence-corrected chi connectivity index (χ3v) is 2.40. The Morgan fingerprint density at radius 2 is 2.00 bits per heavy atom. The highest BCUT2D eigenvalue weighted by Gasteiger charge is 2.39. The first-order valence-electron chi connectivity index (χ1n) is 5.08. The summed E-state index contributed by atoms with van der Waals surface area (Å²) in [5, 5.41) is 18.4. The van der Waals surface area contributed by atoms with Crippen LogP contribution >= 0.6 is 0 Å². The molecule has 0 saturated heterocycles. The number of ether oxygens (including phenoxy) is 1. The molecule has 0 spiro atoms. The maximum atomic E-state index is 11.3. The summed E-state index contributed by atoms with van der Waals surface area (Å²) in [5.41, 5.74) is 3.61. The molecule has 0 rings (SSSR count). The molecule has 7 nitrogen and oxygen atoms in total. The van der Waals surface area contributed by atoms with E-state index < -0.39 is 36.1 Å². The highest BCUT2D eigenvalue weighted by molar-refractivity contribution is 5.92. The molecule has 4 N–H and O–H groups in total. The van der Waals surface area contributed by atoms with Crippen molar-refractivity contribution in [1.29, 1.82) is 0 Å². The summed E-state index contributed by atoms with van der Waals surface area (Å²) < 4.78 is 4.29. The van der Waals surface area contributed by atoms with E-state index in [-0.39, 0.29) is 12.7 Å². The number of aliphatic hydroxyl groups excluding tert-OH is 2. The lowest BCUT2D eigenvalue weighted by Crippen LogP contribution is -2.45. The number of nitrogens with two attached hydrogens (primary N) is 1. The summed E-state index contributed by atoms with van der Waals surface area (Å²) in [4.78, 5) is 33.1. The van der Waals surface area contributed by atoms with Gasteiger partial charge in [0.15, 0.2) is 6.10 Å². The van der Waals surface area contributed by atoms with Crippen molar-refractivity contribution in [3.63, 3.8) is 0 Å². The summed E-state index contributed by atoms with van der Waals surface area (Å²) in [6.45, 7) is 2.03. The van der Waals surface area contributed by atoms with Crippen LogP contribution in [0.2, 0.25) is 0 Å². The highest BCUT2D eigenvalue weighted by Crippen LogP contribution is 2.19. The van der Waals surface area contributed by atoms with Crippen LogP contribution in [0.25, 0.3) is 0 Å². The molecule has 3 atom stereocenters. The Hall–Kier alpha value is -1.31. The van der Waals surface area contributed by atoms with Gasteiger partial charge >= 0.3 is 11.9 Å². The first kappa shape index (κ1) is 15.7. The third kappa shape index (κ3) is 3.88. The summed E-state index contributed by atoms with van der Waals surface area (Å²) in [5.74, 6) is -2.29. The fourth-order valence-electron chi connectivity index (χ4n) is 0.855. The fraction of sp³-hybridized carbons (Fsp3) is 0.700. The van der Waals surface area contributed by atoms with Crippen LogP contribution in [-0.4, -0.2) is 47.2 Å². The number of hydrogen-bond donors (Lipinski definition) is 3. The number of hydrogen-bond acceptors (Lipinski definition) is 7. The topological polar surface area (TPSA) is 127 Å². The van der Waals surface area contributed by atoms with Crippen LogP contribution in [0.15, 0.2) is 0 Å². The molecule has 0 aromatic heterocycles. The van der Waals surface area contributed by atoms with Gasteiger partial charge in [0, 0.05) is 0 Å². The van der Waals surface area contributed by atoms with Gasteiger partial charge in [-0.15, -0.1) is 0 Å². The van der Waals surface area contributed by atoms with Crippen LogP contribution in [0.1, 0.15) is 20.3 Å². The number of carbonyl (C=O) groups excluding carboxylic acids is 3. The molecule has 17 heavy (non-hydrogen) atoms. The minimum Gasteiger partial charge on any atom is -0.395 e. The molecule has 7 heteroatoms. The molecule has 0 heterocycles. The SMILES string of the molecule is CCC(N)C(=O)OC(=O)[C@H](O)C(C)(C=O)CO. The summed E-state index contributed by atoms with van der Waals surface area (Å²) in [7, 11) is 0. The molecule has 0 bridgehead atoms. The largest absolute Gasteiger partial charge is 0.395 e.